The molecule has 1 aromatic carbocycles. The van der Waals surface area contributed by atoms with Gasteiger partial charge in [-0.25, -0.2) is 9.78 Å². The Balaban J connectivity index is 1.52. The van der Waals surface area contributed by atoms with Crippen LogP contribution in [0.2, 0.25) is 0 Å². The summed E-state index contributed by atoms with van der Waals surface area (Å²) in [5.74, 6) is -0.440. The molecule has 1 fully saturated rings. The summed E-state index contributed by atoms with van der Waals surface area (Å²) >= 11 is 1.56. The number of H-pyrrole nitrogens is 1. The van der Waals surface area contributed by atoms with Crippen LogP contribution in [0.5, 0.6) is 0 Å². The molecule has 3 aromatic rings. The van der Waals surface area contributed by atoms with Crippen molar-refractivity contribution in [1.82, 2.24) is 9.97 Å². The molecule has 0 saturated carbocycles. The summed E-state index contributed by atoms with van der Waals surface area (Å²) in [6.07, 6.45) is 2.53. The molecule has 114 valence electrons. The van der Waals surface area contributed by atoms with E-state index in [1.807, 2.05) is 23.6 Å². The zero-order valence-electron chi connectivity index (χ0n) is 11.8. The molecular weight excluding hydrogens is 302 g/mol. The third kappa shape index (κ3) is 2.65. The number of fused-ring (bicyclic) bond motifs is 1. The summed E-state index contributed by atoms with van der Waals surface area (Å²) in [5, 5.41) is 6.19. The summed E-state index contributed by atoms with van der Waals surface area (Å²) in [6.45, 7) is 1.65. The minimum absolute atomic E-state index is 0.290. The lowest BCUT2D eigenvalue weighted by molar-refractivity contribution is 0.120. The minimum Gasteiger partial charge on any atom is -0.408 e. The van der Waals surface area contributed by atoms with Crippen LogP contribution in [0.1, 0.15) is 12.8 Å². The van der Waals surface area contributed by atoms with Gasteiger partial charge in [-0.15, -0.1) is 11.3 Å². The van der Waals surface area contributed by atoms with Gasteiger partial charge in [0.2, 0.25) is 0 Å². The number of nitrogens with one attached hydrogen (secondary N) is 2. The Labute approximate surface area is 130 Å². The number of thiazole rings is 1. The van der Waals surface area contributed by atoms with E-state index >= 15 is 0 Å². The molecule has 6 nitrogen and oxygen atoms in total. The van der Waals surface area contributed by atoms with Crippen molar-refractivity contribution in [3.05, 3.63) is 34.1 Å². The highest BCUT2D eigenvalue weighted by Gasteiger charge is 2.15. The maximum atomic E-state index is 11.2. The van der Waals surface area contributed by atoms with Crippen molar-refractivity contribution in [3.63, 3.8) is 0 Å². The van der Waals surface area contributed by atoms with Crippen LogP contribution in [-0.2, 0) is 4.74 Å². The van der Waals surface area contributed by atoms with Crippen LogP contribution >= 0.6 is 11.3 Å². The Morgan fingerprint density at radius 2 is 2.41 bits per heavy atom. The van der Waals surface area contributed by atoms with Gasteiger partial charge < -0.3 is 14.5 Å². The highest BCUT2D eigenvalue weighted by atomic mass is 32.1. The zero-order valence-corrected chi connectivity index (χ0v) is 12.6. The molecule has 0 radical (unpaired) electrons. The number of aromatic amines is 1. The van der Waals surface area contributed by atoms with Crippen molar-refractivity contribution in [2.24, 2.45) is 0 Å². The molecule has 1 atom stereocenters. The quantitative estimate of drug-likeness (QED) is 0.773. The maximum absolute atomic E-state index is 11.2. The van der Waals surface area contributed by atoms with Crippen molar-refractivity contribution >= 4 is 27.6 Å². The van der Waals surface area contributed by atoms with Crippen LogP contribution in [0, 0.1) is 0 Å². The van der Waals surface area contributed by atoms with Crippen molar-refractivity contribution in [3.8, 4) is 11.3 Å². The van der Waals surface area contributed by atoms with Gasteiger partial charge in [-0.1, -0.05) is 6.07 Å². The maximum Gasteiger partial charge on any atom is 0.417 e. The highest BCUT2D eigenvalue weighted by molar-refractivity contribution is 7.14. The van der Waals surface area contributed by atoms with Crippen LogP contribution in [-0.4, -0.2) is 29.2 Å². The average Bonchev–Trinajstić information content (AvgIpc) is 3.24. The number of aromatic nitrogens is 2. The molecule has 3 heterocycles. The SMILES string of the molecule is O=c1[nH]c2ccc(-c3csc(NC[C@@H]4CCCO4)n3)cc2o1. The number of nitrogens with zero attached hydrogens (tertiary/aromatic N) is 1. The van der Waals surface area contributed by atoms with Crippen LogP contribution in [0.15, 0.2) is 32.8 Å². The van der Waals surface area contributed by atoms with E-state index in [1.54, 1.807) is 11.3 Å². The van der Waals surface area contributed by atoms with Crippen molar-refractivity contribution in [2.45, 2.75) is 18.9 Å². The fraction of sp³-hybridized carbons (Fsp3) is 0.333. The molecule has 2 N–H and O–H groups in total. The molecule has 2 aromatic heterocycles. The van der Waals surface area contributed by atoms with E-state index in [-0.39, 0.29) is 6.10 Å². The van der Waals surface area contributed by atoms with E-state index < -0.39 is 5.76 Å². The van der Waals surface area contributed by atoms with Gasteiger partial charge in [-0.2, -0.15) is 0 Å². The van der Waals surface area contributed by atoms with Gasteiger partial charge in [0.1, 0.15) is 0 Å². The van der Waals surface area contributed by atoms with Crippen LogP contribution in [0.25, 0.3) is 22.4 Å². The molecule has 0 bridgehead atoms. The number of hydrogen-bond donors (Lipinski definition) is 2. The predicted molar refractivity (Wildman–Crippen MR) is 85.4 cm³/mol. The third-order valence-electron chi connectivity index (χ3n) is 3.73. The lowest BCUT2D eigenvalue weighted by Gasteiger charge is -2.09. The Morgan fingerprint density at radius 3 is 3.27 bits per heavy atom. The molecule has 1 aliphatic rings. The molecule has 0 unspecified atom stereocenters. The lowest BCUT2D eigenvalue weighted by Crippen LogP contribution is -2.18. The monoisotopic (exact) mass is 317 g/mol. The Bertz CT molecular complexity index is 845. The highest BCUT2D eigenvalue weighted by Crippen LogP contribution is 2.27. The number of anilines is 1. The number of ether oxygens (including phenoxy) is 1. The largest absolute Gasteiger partial charge is 0.417 e. The topological polar surface area (TPSA) is 80.2 Å². The van der Waals surface area contributed by atoms with E-state index in [1.165, 1.54) is 0 Å². The third-order valence-corrected chi connectivity index (χ3v) is 4.53. The fourth-order valence-corrected chi connectivity index (χ4v) is 3.33. The first-order valence-corrected chi connectivity index (χ1v) is 8.10. The van der Waals surface area contributed by atoms with Gasteiger partial charge in [0.15, 0.2) is 10.7 Å². The second-order valence-electron chi connectivity index (χ2n) is 5.28. The first-order valence-electron chi connectivity index (χ1n) is 7.22. The molecule has 1 aliphatic heterocycles. The van der Waals surface area contributed by atoms with Gasteiger partial charge in [0.25, 0.3) is 0 Å². The smallest absolute Gasteiger partial charge is 0.408 e. The Hall–Kier alpha value is -2.12. The molecule has 0 amide bonds. The number of rotatable bonds is 4. The lowest BCUT2D eigenvalue weighted by atomic mass is 10.1. The standard InChI is InChI=1S/C15H15N3O3S/c19-15-18-11-4-3-9(6-13(11)21-15)12-8-22-14(17-12)16-7-10-2-1-5-20-10/h3-4,6,8,10H,1-2,5,7H2,(H,16,17)(H,18,19)/t10-/m0/s1. The summed E-state index contributed by atoms with van der Waals surface area (Å²) < 4.78 is 10.7. The van der Waals surface area contributed by atoms with Crippen molar-refractivity contribution in [2.75, 3.05) is 18.5 Å². The zero-order chi connectivity index (χ0) is 14.9. The summed E-state index contributed by atoms with van der Waals surface area (Å²) in [5.41, 5.74) is 3.03. The molecule has 0 spiro atoms. The summed E-state index contributed by atoms with van der Waals surface area (Å²) in [4.78, 5) is 18.4. The van der Waals surface area contributed by atoms with Crippen molar-refractivity contribution < 1.29 is 9.15 Å². The van der Waals surface area contributed by atoms with Gasteiger partial charge in [-0.3, -0.25) is 4.98 Å². The van der Waals surface area contributed by atoms with Crippen LogP contribution in [0.4, 0.5) is 5.13 Å². The number of benzene rings is 1. The van der Waals surface area contributed by atoms with E-state index in [4.69, 9.17) is 9.15 Å². The normalized spacial score (nSPS) is 18.1. The molecule has 0 aliphatic carbocycles. The Kier molecular flexibility index (Phi) is 3.44. The van der Waals surface area contributed by atoms with E-state index in [2.05, 4.69) is 15.3 Å². The van der Waals surface area contributed by atoms with Crippen molar-refractivity contribution in [1.29, 1.82) is 0 Å². The Morgan fingerprint density at radius 1 is 1.45 bits per heavy atom. The van der Waals surface area contributed by atoms with E-state index in [0.717, 1.165) is 42.4 Å². The first kappa shape index (κ1) is 13.5. The molecule has 4 rings (SSSR count). The van der Waals surface area contributed by atoms with Gasteiger partial charge >= 0.3 is 5.76 Å². The first-order chi connectivity index (χ1) is 10.8. The second kappa shape index (κ2) is 5.58. The fourth-order valence-electron chi connectivity index (χ4n) is 2.60. The van der Waals surface area contributed by atoms with E-state index in [9.17, 15) is 4.79 Å². The number of hydrogen-bond acceptors (Lipinski definition) is 6. The van der Waals surface area contributed by atoms with E-state index in [0.29, 0.717) is 11.1 Å². The van der Waals surface area contributed by atoms with Gasteiger partial charge in [0.05, 0.1) is 17.3 Å². The number of oxazole rings is 1. The van der Waals surface area contributed by atoms with Gasteiger partial charge in [0, 0.05) is 24.1 Å². The molecule has 7 heteroatoms. The van der Waals surface area contributed by atoms with Crippen LogP contribution in [0.3, 0.4) is 0 Å². The molecule has 22 heavy (non-hydrogen) atoms. The van der Waals surface area contributed by atoms with Crippen LogP contribution < -0.4 is 11.1 Å². The molecular formula is C15H15N3O3S. The second-order valence-corrected chi connectivity index (χ2v) is 6.14. The summed E-state index contributed by atoms with van der Waals surface area (Å²) in [6, 6.07) is 5.58. The van der Waals surface area contributed by atoms with Gasteiger partial charge in [-0.05, 0) is 25.0 Å². The average molecular weight is 317 g/mol. The molecule has 1 saturated heterocycles. The predicted octanol–water partition coefficient (Wildman–Crippen LogP) is 2.84. The minimum atomic E-state index is -0.440. The summed E-state index contributed by atoms with van der Waals surface area (Å²) in [7, 11) is 0.